The number of rotatable bonds is 4. The van der Waals surface area contributed by atoms with Crippen LogP contribution in [0.3, 0.4) is 0 Å². The van der Waals surface area contributed by atoms with Gasteiger partial charge in [-0.2, -0.15) is 0 Å². The van der Waals surface area contributed by atoms with Crippen molar-refractivity contribution in [3.63, 3.8) is 0 Å². The molecule has 1 fully saturated rings. The Morgan fingerprint density at radius 2 is 1.80 bits per heavy atom. The predicted molar refractivity (Wildman–Crippen MR) is 134 cm³/mol. The minimum atomic E-state index is -0.0510. The lowest BCUT2D eigenvalue weighted by atomic mass is 9.70. The number of aromatic nitrogens is 2. The van der Waals surface area contributed by atoms with Crippen LogP contribution in [0.15, 0.2) is 30.5 Å². The van der Waals surface area contributed by atoms with Crippen molar-refractivity contribution >= 4 is 76.0 Å². The Morgan fingerprint density at radius 3 is 2.57 bits per heavy atom. The molecule has 1 N–H and O–H groups in total. The topological polar surface area (TPSA) is 67.4 Å². The van der Waals surface area contributed by atoms with Crippen LogP contribution in [0, 0.1) is 0 Å². The highest BCUT2D eigenvalue weighted by Gasteiger charge is 2.15. The van der Waals surface area contributed by atoms with Crippen molar-refractivity contribution < 1.29 is 9.53 Å². The van der Waals surface area contributed by atoms with Gasteiger partial charge in [0.15, 0.2) is 15.7 Å². The van der Waals surface area contributed by atoms with Crippen molar-refractivity contribution in [2.24, 2.45) is 0 Å². The molecular formula is C20H24B4N4O2. The molecule has 0 radical (unpaired) electrons. The van der Waals surface area contributed by atoms with Crippen LogP contribution in [0.4, 0.5) is 5.82 Å². The zero-order valence-electron chi connectivity index (χ0n) is 18.1. The molecule has 0 spiro atoms. The number of benzene rings is 1. The van der Waals surface area contributed by atoms with Crippen molar-refractivity contribution in [3.8, 4) is 11.1 Å². The lowest BCUT2D eigenvalue weighted by Gasteiger charge is -2.25. The number of amides is 1. The zero-order chi connectivity index (χ0) is 21.3. The molecule has 0 atom stereocenters. The Hall–Kier alpha value is -2.57. The van der Waals surface area contributed by atoms with Crippen LogP contribution >= 0.6 is 0 Å². The molecular weight excluding hydrogens is 371 g/mol. The molecule has 6 nitrogen and oxygen atoms in total. The van der Waals surface area contributed by atoms with Gasteiger partial charge in [0, 0.05) is 30.3 Å². The van der Waals surface area contributed by atoms with E-state index in [1.54, 1.807) is 0 Å². The van der Waals surface area contributed by atoms with Crippen LogP contribution < -0.4 is 27.4 Å². The third kappa shape index (κ3) is 4.30. The van der Waals surface area contributed by atoms with E-state index in [1.807, 2.05) is 12.3 Å². The number of pyridine rings is 2. The second-order valence-corrected chi connectivity index (χ2v) is 7.98. The molecule has 1 saturated heterocycles. The summed E-state index contributed by atoms with van der Waals surface area (Å²) < 4.78 is 5.34. The number of ether oxygens (including phenoxy) is 1. The maximum Gasteiger partial charge on any atom is 0.239 e. The SMILES string of the molecule is Bc1nc(B)c(-c2ccc3cnc(NC(=O)CN4CCOCC4)cc3c2)c(B)c1B. The number of nitrogens with one attached hydrogen (secondary N) is 1. The van der Waals surface area contributed by atoms with Gasteiger partial charge >= 0.3 is 0 Å². The predicted octanol–water partition coefficient (Wildman–Crippen LogP) is -4.40. The standard InChI is InChI=1S/C20H24B4N4O2/c21-17-16(19(23)27-20(24)18(17)22)11-1-2-12-9-25-14(8-13(12)7-11)26-15(29)10-28-3-5-30-6-4-28/h1-2,7-9H,3-6,10,21-24H2,(H,25,26,29). The molecule has 2 aromatic heterocycles. The second kappa shape index (κ2) is 8.66. The summed E-state index contributed by atoms with van der Waals surface area (Å²) in [5, 5.41) is 5.02. The number of morpholine rings is 1. The van der Waals surface area contributed by atoms with E-state index in [4.69, 9.17) is 9.72 Å². The molecule has 0 saturated carbocycles. The molecule has 0 unspecified atom stereocenters. The second-order valence-electron chi connectivity index (χ2n) is 7.98. The highest BCUT2D eigenvalue weighted by atomic mass is 16.5. The average molecular weight is 396 g/mol. The van der Waals surface area contributed by atoms with E-state index in [0.717, 1.165) is 40.6 Å². The van der Waals surface area contributed by atoms with Crippen LogP contribution in [-0.4, -0.2) is 85.0 Å². The van der Waals surface area contributed by atoms with Crippen molar-refractivity contribution in [2.75, 3.05) is 38.2 Å². The maximum atomic E-state index is 12.4. The average Bonchev–Trinajstić information content (AvgIpc) is 2.72. The number of hydrogen-bond acceptors (Lipinski definition) is 5. The van der Waals surface area contributed by atoms with Crippen LogP contribution in [0.5, 0.6) is 0 Å². The summed E-state index contributed by atoms with van der Waals surface area (Å²) in [4.78, 5) is 23.7. The van der Waals surface area contributed by atoms with Crippen LogP contribution in [0.1, 0.15) is 0 Å². The monoisotopic (exact) mass is 396 g/mol. The van der Waals surface area contributed by atoms with Crippen molar-refractivity contribution in [2.45, 2.75) is 0 Å². The van der Waals surface area contributed by atoms with Gasteiger partial charge in [-0.15, -0.1) is 0 Å². The van der Waals surface area contributed by atoms with Crippen LogP contribution in [-0.2, 0) is 9.53 Å². The minimum absolute atomic E-state index is 0.0510. The van der Waals surface area contributed by atoms with Gasteiger partial charge in [-0.25, -0.2) is 4.98 Å². The van der Waals surface area contributed by atoms with E-state index in [2.05, 4.69) is 64.8 Å². The number of hydrogen-bond donors (Lipinski definition) is 1. The Bertz CT molecular complexity index is 1120. The first-order valence-corrected chi connectivity index (χ1v) is 10.4. The van der Waals surface area contributed by atoms with Crippen molar-refractivity contribution in [1.82, 2.24) is 14.9 Å². The summed E-state index contributed by atoms with van der Waals surface area (Å²) in [6, 6.07) is 8.28. The summed E-state index contributed by atoms with van der Waals surface area (Å²) in [6.45, 7) is 3.28. The van der Waals surface area contributed by atoms with Crippen LogP contribution in [0.25, 0.3) is 21.9 Å². The van der Waals surface area contributed by atoms with E-state index in [1.165, 1.54) is 16.5 Å². The molecule has 1 aromatic carbocycles. The van der Waals surface area contributed by atoms with E-state index in [0.29, 0.717) is 25.6 Å². The summed E-state index contributed by atoms with van der Waals surface area (Å²) in [6.07, 6.45) is 1.81. The first-order valence-electron chi connectivity index (χ1n) is 10.4. The summed E-state index contributed by atoms with van der Waals surface area (Å²) in [5.74, 6) is 0.523. The lowest BCUT2D eigenvalue weighted by molar-refractivity contribution is -0.118. The number of carbonyl (C=O) groups excluding carboxylic acids is 1. The molecule has 1 aliphatic rings. The smallest absolute Gasteiger partial charge is 0.239 e. The van der Waals surface area contributed by atoms with Gasteiger partial charge in [-0.05, 0) is 34.2 Å². The molecule has 0 bridgehead atoms. The first-order chi connectivity index (χ1) is 14.4. The molecule has 0 aliphatic carbocycles. The van der Waals surface area contributed by atoms with Crippen LogP contribution in [0.2, 0.25) is 0 Å². The largest absolute Gasteiger partial charge is 0.379 e. The van der Waals surface area contributed by atoms with Gasteiger partial charge in [-0.1, -0.05) is 23.1 Å². The summed E-state index contributed by atoms with van der Waals surface area (Å²) in [7, 11) is 8.38. The van der Waals surface area contributed by atoms with E-state index in [-0.39, 0.29) is 5.91 Å². The number of anilines is 1. The normalized spacial score (nSPS) is 14.7. The quantitative estimate of drug-likeness (QED) is 0.452. The fraction of sp³-hybridized carbons (Fsp3) is 0.250. The summed E-state index contributed by atoms with van der Waals surface area (Å²) in [5.41, 5.74) is 6.89. The lowest BCUT2D eigenvalue weighted by Crippen LogP contribution is -2.47. The Morgan fingerprint density at radius 1 is 1.03 bits per heavy atom. The maximum absolute atomic E-state index is 12.4. The van der Waals surface area contributed by atoms with E-state index < -0.39 is 0 Å². The molecule has 3 aromatic rings. The number of carbonyl (C=O) groups is 1. The van der Waals surface area contributed by atoms with Crippen molar-refractivity contribution in [3.05, 3.63) is 30.5 Å². The Balaban J connectivity index is 1.60. The van der Waals surface area contributed by atoms with Gasteiger partial charge in [-0.3, -0.25) is 14.7 Å². The summed E-state index contributed by atoms with van der Waals surface area (Å²) >= 11 is 0. The van der Waals surface area contributed by atoms with Gasteiger partial charge in [0.05, 0.1) is 19.8 Å². The molecule has 4 rings (SSSR count). The number of nitrogens with zero attached hydrogens (tertiary/aromatic N) is 3. The van der Waals surface area contributed by atoms with Gasteiger partial charge < -0.3 is 10.1 Å². The zero-order valence-corrected chi connectivity index (χ0v) is 18.1. The fourth-order valence-corrected chi connectivity index (χ4v) is 4.06. The number of fused-ring (bicyclic) bond motifs is 1. The third-order valence-electron chi connectivity index (χ3n) is 5.93. The molecule has 3 heterocycles. The molecule has 148 valence electrons. The molecule has 10 heteroatoms. The van der Waals surface area contributed by atoms with Crippen molar-refractivity contribution in [1.29, 1.82) is 0 Å². The Kier molecular flexibility index (Phi) is 5.97. The van der Waals surface area contributed by atoms with E-state index >= 15 is 0 Å². The highest BCUT2D eigenvalue weighted by Crippen LogP contribution is 2.23. The minimum Gasteiger partial charge on any atom is -0.379 e. The fourth-order valence-electron chi connectivity index (χ4n) is 4.06. The van der Waals surface area contributed by atoms with E-state index in [9.17, 15) is 4.79 Å². The first kappa shape index (κ1) is 20.7. The molecule has 1 amide bonds. The van der Waals surface area contributed by atoms with Gasteiger partial charge in [0.2, 0.25) is 5.91 Å². The van der Waals surface area contributed by atoms with Gasteiger partial charge in [0.25, 0.3) is 0 Å². The third-order valence-corrected chi connectivity index (χ3v) is 5.93. The molecule has 30 heavy (non-hydrogen) atoms. The molecule has 1 aliphatic heterocycles. The Labute approximate surface area is 180 Å². The highest BCUT2D eigenvalue weighted by molar-refractivity contribution is 6.59. The van der Waals surface area contributed by atoms with Gasteiger partial charge in [0.1, 0.15) is 21.5 Å².